The lowest BCUT2D eigenvalue weighted by Gasteiger charge is -2.15. The SMILES string of the molecule is Cl.O=C(Nc1ccc(NC(=O)c2ccc(C3=NCCCN3)cc2)cc1)c1ccc(C2=NCCCN2)cc1. The second kappa shape index (κ2) is 12.2. The summed E-state index contributed by atoms with van der Waals surface area (Å²) in [5.41, 5.74) is 4.35. The maximum Gasteiger partial charge on any atom is 0.255 e. The summed E-state index contributed by atoms with van der Waals surface area (Å²) in [6.07, 6.45) is 2.07. The Balaban J connectivity index is 0.00000320. The number of carbonyl (C=O) groups excluding carboxylic acids is 2. The number of aliphatic imine (C=N–C) groups is 2. The van der Waals surface area contributed by atoms with Gasteiger partial charge in [0.2, 0.25) is 0 Å². The molecule has 0 bridgehead atoms. The molecule has 3 aromatic rings. The summed E-state index contributed by atoms with van der Waals surface area (Å²) in [5, 5.41) is 12.3. The number of amides is 2. The average Bonchev–Trinajstić information content (AvgIpc) is 2.95. The van der Waals surface area contributed by atoms with E-state index in [-0.39, 0.29) is 24.2 Å². The van der Waals surface area contributed by atoms with Crippen molar-refractivity contribution in [1.29, 1.82) is 0 Å². The van der Waals surface area contributed by atoms with Crippen LogP contribution in [0.5, 0.6) is 0 Å². The predicted molar refractivity (Wildman–Crippen MR) is 151 cm³/mol. The highest BCUT2D eigenvalue weighted by atomic mass is 35.5. The maximum atomic E-state index is 12.7. The molecule has 0 spiro atoms. The lowest BCUT2D eigenvalue weighted by molar-refractivity contribution is 0.101. The Kier molecular flexibility index (Phi) is 8.53. The zero-order chi connectivity index (χ0) is 24.7. The van der Waals surface area contributed by atoms with Crippen LogP contribution in [0.3, 0.4) is 0 Å². The quantitative estimate of drug-likeness (QED) is 0.396. The molecule has 2 heterocycles. The molecule has 9 heteroatoms. The number of benzene rings is 3. The van der Waals surface area contributed by atoms with Crippen LogP contribution in [-0.4, -0.2) is 49.7 Å². The molecule has 0 saturated heterocycles. The molecule has 5 rings (SSSR count). The minimum absolute atomic E-state index is 0. The minimum Gasteiger partial charge on any atom is -0.370 e. The van der Waals surface area contributed by atoms with Gasteiger partial charge < -0.3 is 21.3 Å². The summed E-state index contributed by atoms with van der Waals surface area (Å²) in [6.45, 7) is 3.47. The van der Waals surface area contributed by atoms with Crippen molar-refractivity contribution in [2.45, 2.75) is 12.8 Å². The Morgan fingerprint density at radius 3 is 1.30 bits per heavy atom. The van der Waals surface area contributed by atoms with Crippen molar-refractivity contribution in [2.75, 3.05) is 36.8 Å². The summed E-state index contributed by atoms with van der Waals surface area (Å²) in [7, 11) is 0. The van der Waals surface area contributed by atoms with Gasteiger partial charge in [0.05, 0.1) is 0 Å². The smallest absolute Gasteiger partial charge is 0.255 e. The molecular weight excluding hydrogens is 488 g/mol. The number of anilines is 2. The summed E-state index contributed by atoms with van der Waals surface area (Å²) >= 11 is 0. The molecule has 3 aromatic carbocycles. The number of nitrogens with zero attached hydrogens (tertiary/aromatic N) is 2. The second-order valence-corrected chi connectivity index (χ2v) is 8.66. The number of hydrogen-bond acceptors (Lipinski definition) is 6. The fourth-order valence-electron chi connectivity index (χ4n) is 4.05. The predicted octanol–water partition coefficient (Wildman–Crippen LogP) is 4.09. The van der Waals surface area contributed by atoms with Crippen molar-refractivity contribution >= 4 is 47.3 Å². The van der Waals surface area contributed by atoms with E-state index in [2.05, 4.69) is 31.3 Å². The third-order valence-electron chi connectivity index (χ3n) is 6.04. The molecule has 2 amide bonds. The normalized spacial score (nSPS) is 14.6. The van der Waals surface area contributed by atoms with Gasteiger partial charge in [0, 0.05) is 59.8 Å². The summed E-state index contributed by atoms with van der Waals surface area (Å²) in [5.74, 6) is 1.35. The van der Waals surface area contributed by atoms with E-state index in [9.17, 15) is 9.59 Å². The zero-order valence-corrected chi connectivity index (χ0v) is 21.1. The first kappa shape index (κ1) is 25.9. The van der Waals surface area contributed by atoms with Crippen molar-refractivity contribution in [1.82, 2.24) is 10.6 Å². The number of carbonyl (C=O) groups is 2. The number of halogens is 1. The Labute approximate surface area is 222 Å². The number of rotatable bonds is 6. The largest absolute Gasteiger partial charge is 0.370 e. The van der Waals surface area contributed by atoms with Crippen molar-refractivity contribution in [3.05, 3.63) is 95.1 Å². The van der Waals surface area contributed by atoms with Crippen LogP contribution in [-0.2, 0) is 0 Å². The van der Waals surface area contributed by atoms with E-state index in [1.54, 1.807) is 48.5 Å². The number of nitrogens with one attached hydrogen (secondary N) is 4. The highest BCUT2D eigenvalue weighted by Crippen LogP contribution is 2.17. The van der Waals surface area contributed by atoms with E-state index in [4.69, 9.17) is 0 Å². The Bertz CT molecular complexity index is 1200. The van der Waals surface area contributed by atoms with Gasteiger partial charge in [-0.1, -0.05) is 24.3 Å². The van der Waals surface area contributed by atoms with E-state index in [0.717, 1.165) is 61.8 Å². The highest BCUT2D eigenvalue weighted by Gasteiger charge is 2.12. The van der Waals surface area contributed by atoms with Gasteiger partial charge in [0.25, 0.3) is 11.8 Å². The molecule has 0 saturated carbocycles. The maximum absolute atomic E-state index is 12.7. The van der Waals surface area contributed by atoms with Gasteiger partial charge in [-0.05, 0) is 61.4 Å². The molecule has 4 N–H and O–H groups in total. The van der Waals surface area contributed by atoms with Gasteiger partial charge in [-0.3, -0.25) is 19.6 Å². The van der Waals surface area contributed by atoms with Crippen LogP contribution in [0.2, 0.25) is 0 Å². The van der Waals surface area contributed by atoms with Crippen molar-refractivity contribution < 1.29 is 9.59 Å². The fourth-order valence-corrected chi connectivity index (χ4v) is 4.05. The van der Waals surface area contributed by atoms with Gasteiger partial charge in [0.1, 0.15) is 11.7 Å². The molecule has 0 fully saturated rings. The van der Waals surface area contributed by atoms with Crippen LogP contribution < -0.4 is 21.3 Å². The first-order valence-electron chi connectivity index (χ1n) is 12.2. The van der Waals surface area contributed by atoms with Crippen LogP contribution in [0, 0.1) is 0 Å². The van der Waals surface area contributed by atoms with Crippen molar-refractivity contribution in [3.8, 4) is 0 Å². The molecular formula is C28H29ClN6O2. The van der Waals surface area contributed by atoms with E-state index < -0.39 is 0 Å². The van der Waals surface area contributed by atoms with Crippen LogP contribution >= 0.6 is 12.4 Å². The third kappa shape index (κ3) is 6.54. The molecule has 190 valence electrons. The second-order valence-electron chi connectivity index (χ2n) is 8.66. The van der Waals surface area contributed by atoms with Gasteiger partial charge in [-0.2, -0.15) is 0 Å². The summed E-state index contributed by atoms with van der Waals surface area (Å²) in [4.78, 5) is 34.3. The first-order valence-corrected chi connectivity index (χ1v) is 12.2. The Morgan fingerprint density at radius 1 is 0.595 bits per heavy atom. The topological polar surface area (TPSA) is 107 Å². The molecule has 0 unspecified atom stereocenters. The lowest BCUT2D eigenvalue weighted by atomic mass is 10.1. The molecule has 0 aliphatic carbocycles. The van der Waals surface area contributed by atoms with Gasteiger partial charge in [-0.25, -0.2) is 0 Å². The average molecular weight is 517 g/mol. The van der Waals surface area contributed by atoms with E-state index in [1.165, 1.54) is 0 Å². The molecule has 2 aliphatic rings. The number of amidine groups is 2. The molecule has 2 aliphatic heterocycles. The van der Waals surface area contributed by atoms with E-state index in [1.807, 2.05) is 24.3 Å². The van der Waals surface area contributed by atoms with E-state index in [0.29, 0.717) is 22.5 Å². The van der Waals surface area contributed by atoms with Gasteiger partial charge >= 0.3 is 0 Å². The third-order valence-corrected chi connectivity index (χ3v) is 6.04. The molecule has 8 nitrogen and oxygen atoms in total. The molecule has 37 heavy (non-hydrogen) atoms. The number of hydrogen-bond donors (Lipinski definition) is 4. The zero-order valence-electron chi connectivity index (χ0n) is 20.3. The summed E-state index contributed by atoms with van der Waals surface area (Å²) in [6, 6.07) is 21.8. The Morgan fingerprint density at radius 2 is 0.973 bits per heavy atom. The minimum atomic E-state index is -0.200. The highest BCUT2D eigenvalue weighted by molar-refractivity contribution is 6.07. The van der Waals surface area contributed by atoms with Crippen LogP contribution in [0.25, 0.3) is 0 Å². The first-order chi connectivity index (χ1) is 17.7. The van der Waals surface area contributed by atoms with Gasteiger partial charge in [0.15, 0.2) is 0 Å². The van der Waals surface area contributed by atoms with Crippen molar-refractivity contribution in [3.63, 3.8) is 0 Å². The Hall–Kier alpha value is -4.17. The molecule has 0 aromatic heterocycles. The lowest BCUT2D eigenvalue weighted by Crippen LogP contribution is -2.30. The van der Waals surface area contributed by atoms with Crippen LogP contribution in [0.15, 0.2) is 82.8 Å². The van der Waals surface area contributed by atoms with Crippen LogP contribution in [0.1, 0.15) is 44.7 Å². The monoisotopic (exact) mass is 516 g/mol. The van der Waals surface area contributed by atoms with Gasteiger partial charge in [-0.15, -0.1) is 12.4 Å². The van der Waals surface area contributed by atoms with E-state index >= 15 is 0 Å². The fraction of sp³-hybridized carbons (Fsp3) is 0.214. The van der Waals surface area contributed by atoms with Crippen LogP contribution in [0.4, 0.5) is 11.4 Å². The summed E-state index contributed by atoms with van der Waals surface area (Å²) < 4.78 is 0. The van der Waals surface area contributed by atoms with Crippen molar-refractivity contribution in [2.24, 2.45) is 9.98 Å². The molecule has 0 radical (unpaired) electrons. The standard InChI is InChI=1S/C28H28N6O2.ClH/c35-27(21-7-3-19(4-8-21)25-29-15-1-16-30-25)33-23-11-13-24(14-12-23)34-28(36)22-9-5-20(6-10-22)26-31-17-2-18-32-26;/h3-14H,1-2,15-18H2,(H,29,30)(H,31,32)(H,33,35)(H,34,36);1H. The molecule has 0 atom stereocenters.